The van der Waals surface area contributed by atoms with Crippen LogP contribution < -0.4 is 5.73 Å². The van der Waals surface area contributed by atoms with E-state index < -0.39 is 9.84 Å². The highest BCUT2D eigenvalue weighted by atomic mass is 32.2. The third-order valence-corrected chi connectivity index (χ3v) is 4.79. The summed E-state index contributed by atoms with van der Waals surface area (Å²) in [6.07, 6.45) is 3.84. The fourth-order valence-electron chi connectivity index (χ4n) is 1.66. The van der Waals surface area contributed by atoms with E-state index in [1.165, 1.54) is 18.0 Å². The molecule has 0 bridgehead atoms. The molecule has 0 saturated carbocycles. The summed E-state index contributed by atoms with van der Waals surface area (Å²) >= 11 is 1.50. The summed E-state index contributed by atoms with van der Waals surface area (Å²) in [6, 6.07) is 10.8. The van der Waals surface area contributed by atoms with E-state index in [1.807, 2.05) is 18.3 Å². The van der Waals surface area contributed by atoms with Gasteiger partial charge in [-0.1, -0.05) is 17.8 Å². The Morgan fingerprint density at radius 2 is 1.85 bits per heavy atom. The molecule has 2 N–H and O–H groups in total. The van der Waals surface area contributed by atoms with Crippen LogP contribution in [0, 0.1) is 0 Å². The molecule has 0 atom stereocenters. The van der Waals surface area contributed by atoms with Crippen LogP contribution in [-0.4, -0.2) is 26.2 Å². The van der Waals surface area contributed by atoms with Crippen LogP contribution in [0.3, 0.4) is 0 Å². The van der Waals surface area contributed by atoms with Crippen LogP contribution in [0.5, 0.6) is 0 Å². The first-order valence-electron chi connectivity index (χ1n) is 6.12. The lowest BCUT2D eigenvalue weighted by Crippen LogP contribution is -2.02. The Kier molecular flexibility index (Phi) is 4.80. The van der Waals surface area contributed by atoms with Crippen molar-refractivity contribution in [2.45, 2.75) is 21.2 Å². The number of nitrogens with zero attached hydrogens (tertiary/aromatic N) is 1. The van der Waals surface area contributed by atoms with Crippen LogP contribution in [0.2, 0.25) is 0 Å². The second kappa shape index (κ2) is 6.39. The number of rotatable bonds is 5. The van der Waals surface area contributed by atoms with E-state index >= 15 is 0 Å². The molecule has 1 heterocycles. The topological polar surface area (TPSA) is 73.0 Å². The third kappa shape index (κ3) is 4.06. The lowest BCUT2D eigenvalue weighted by atomic mass is 10.2. The zero-order valence-electron chi connectivity index (χ0n) is 11.1. The SMILES string of the molecule is CS(=O)(=O)c1ccc(Sc2ccc(CCN)cn2)cc1. The van der Waals surface area contributed by atoms with Gasteiger partial charge in [0.1, 0.15) is 5.03 Å². The number of aromatic nitrogens is 1. The van der Waals surface area contributed by atoms with Gasteiger partial charge in [0.2, 0.25) is 0 Å². The molecular weight excluding hydrogens is 292 g/mol. The number of sulfone groups is 1. The van der Waals surface area contributed by atoms with Crippen molar-refractivity contribution in [1.82, 2.24) is 4.98 Å². The number of hydrogen-bond donors (Lipinski definition) is 1. The van der Waals surface area contributed by atoms with Crippen LogP contribution in [0.4, 0.5) is 0 Å². The maximum Gasteiger partial charge on any atom is 0.175 e. The average Bonchev–Trinajstić information content (AvgIpc) is 2.41. The minimum atomic E-state index is -3.14. The highest BCUT2D eigenvalue weighted by Gasteiger charge is 2.07. The monoisotopic (exact) mass is 308 g/mol. The highest BCUT2D eigenvalue weighted by molar-refractivity contribution is 7.99. The second-order valence-electron chi connectivity index (χ2n) is 4.39. The molecule has 2 rings (SSSR count). The molecule has 0 spiro atoms. The second-order valence-corrected chi connectivity index (χ2v) is 7.50. The van der Waals surface area contributed by atoms with Crippen LogP contribution in [0.1, 0.15) is 5.56 Å². The first-order chi connectivity index (χ1) is 9.49. The number of pyridine rings is 1. The maximum atomic E-state index is 11.4. The highest BCUT2D eigenvalue weighted by Crippen LogP contribution is 2.26. The fourth-order valence-corrected chi connectivity index (χ4v) is 3.05. The summed E-state index contributed by atoms with van der Waals surface area (Å²) in [4.78, 5) is 5.63. The zero-order valence-corrected chi connectivity index (χ0v) is 12.7. The zero-order chi connectivity index (χ0) is 14.6. The van der Waals surface area contributed by atoms with Gasteiger partial charge in [-0.3, -0.25) is 0 Å². The van der Waals surface area contributed by atoms with E-state index in [-0.39, 0.29) is 0 Å². The van der Waals surface area contributed by atoms with E-state index in [0.717, 1.165) is 21.9 Å². The quantitative estimate of drug-likeness (QED) is 0.916. The molecule has 1 aromatic heterocycles. The molecule has 1 aromatic carbocycles. The summed E-state index contributed by atoms with van der Waals surface area (Å²) in [5.74, 6) is 0. The van der Waals surface area contributed by atoms with Gasteiger partial charge >= 0.3 is 0 Å². The fraction of sp³-hybridized carbons (Fsp3) is 0.214. The van der Waals surface area contributed by atoms with Gasteiger partial charge in [0.15, 0.2) is 9.84 Å². The largest absolute Gasteiger partial charge is 0.330 e. The molecule has 2 aromatic rings. The number of nitrogens with two attached hydrogens (primary N) is 1. The minimum Gasteiger partial charge on any atom is -0.330 e. The summed E-state index contributed by atoms with van der Waals surface area (Å²) in [5.41, 5.74) is 6.60. The molecule has 106 valence electrons. The van der Waals surface area contributed by atoms with Gasteiger partial charge in [-0.05, 0) is 48.9 Å². The molecule has 0 aliphatic rings. The lowest BCUT2D eigenvalue weighted by molar-refractivity contribution is 0.602. The molecule has 20 heavy (non-hydrogen) atoms. The van der Waals surface area contributed by atoms with E-state index in [4.69, 9.17) is 5.73 Å². The molecule has 0 fully saturated rings. The summed E-state index contributed by atoms with van der Waals surface area (Å²) in [7, 11) is -3.14. The van der Waals surface area contributed by atoms with E-state index in [2.05, 4.69) is 4.98 Å². The molecule has 6 heteroatoms. The van der Waals surface area contributed by atoms with Crippen molar-refractivity contribution in [2.75, 3.05) is 12.8 Å². The van der Waals surface area contributed by atoms with Crippen LogP contribution >= 0.6 is 11.8 Å². The van der Waals surface area contributed by atoms with E-state index in [9.17, 15) is 8.42 Å². The molecule has 0 unspecified atom stereocenters. The average molecular weight is 308 g/mol. The molecule has 0 saturated heterocycles. The van der Waals surface area contributed by atoms with Gasteiger partial charge in [0, 0.05) is 17.3 Å². The van der Waals surface area contributed by atoms with Crippen molar-refractivity contribution in [3.8, 4) is 0 Å². The third-order valence-electron chi connectivity index (χ3n) is 2.70. The Morgan fingerprint density at radius 1 is 1.15 bits per heavy atom. The Labute approximate surface area is 123 Å². The normalized spacial score (nSPS) is 11.5. The number of benzene rings is 1. The van der Waals surface area contributed by atoms with Crippen molar-refractivity contribution in [1.29, 1.82) is 0 Å². The van der Waals surface area contributed by atoms with Crippen molar-refractivity contribution >= 4 is 21.6 Å². The molecule has 0 aliphatic carbocycles. The van der Waals surface area contributed by atoms with Crippen molar-refractivity contribution in [3.05, 3.63) is 48.2 Å². The Hall–Kier alpha value is -1.37. The van der Waals surface area contributed by atoms with Crippen LogP contribution in [0.15, 0.2) is 57.4 Å². The summed E-state index contributed by atoms with van der Waals surface area (Å²) < 4.78 is 22.7. The summed E-state index contributed by atoms with van der Waals surface area (Å²) in [6.45, 7) is 0.612. The lowest BCUT2D eigenvalue weighted by Gasteiger charge is -2.04. The van der Waals surface area contributed by atoms with Gasteiger partial charge < -0.3 is 5.73 Å². The Bertz CT molecular complexity index is 665. The van der Waals surface area contributed by atoms with Crippen LogP contribution in [0.25, 0.3) is 0 Å². The minimum absolute atomic E-state index is 0.327. The van der Waals surface area contributed by atoms with E-state index in [1.54, 1.807) is 24.3 Å². The van der Waals surface area contributed by atoms with Gasteiger partial charge in [0.05, 0.1) is 4.90 Å². The first kappa shape index (κ1) is 15.0. The molecular formula is C14H16N2O2S2. The van der Waals surface area contributed by atoms with Crippen molar-refractivity contribution in [3.63, 3.8) is 0 Å². The van der Waals surface area contributed by atoms with Crippen LogP contribution in [-0.2, 0) is 16.3 Å². The molecule has 0 radical (unpaired) electrons. The molecule has 4 nitrogen and oxygen atoms in total. The molecule has 0 amide bonds. The molecule has 0 aliphatic heterocycles. The Morgan fingerprint density at radius 3 is 2.35 bits per heavy atom. The number of hydrogen-bond acceptors (Lipinski definition) is 5. The van der Waals surface area contributed by atoms with Gasteiger partial charge in [-0.25, -0.2) is 13.4 Å². The van der Waals surface area contributed by atoms with Crippen molar-refractivity contribution < 1.29 is 8.42 Å². The smallest absolute Gasteiger partial charge is 0.175 e. The van der Waals surface area contributed by atoms with Gasteiger partial charge in [0.25, 0.3) is 0 Å². The van der Waals surface area contributed by atoms with Crippen molar-refractivity contribution in [2.24, 2.45) is 5.73 Å². The van der Waals surface area contributed by atoms with Gasteiger partial charge in [-0.15, -0.1) is 0 Å². The maximum absolute atomic E-state index is 11.4. The van der Waals surface area contributed by atoms with E-state index in [0.29, 0.717) is 11.4 Å². The standard InChI is InChI=1S/C14H16N2O2S2/c1-20(17,18)13-5-3-12(4-6-13)19-14-7-2-11(8-9-15)10-16-14/h2-7,10H,8-9,15H2,1H3. The Balaban J connectivity index is 2.10. The predicted octanol–water partition coefficient (Wildman–Crippen LogP) is 2.14. The predicted molar refractivity (Wildman–Crippen MR) is 80.7 cm³/mol. The first-order valence-corrected chi connectivity index (χ1v) is 8.83. The summed E-state index contributed by atoms with van der Waals surface area (Å²) in [5, 5.41) is 0.873. The van der Waals surface area contributed by atoms with Gasteiger partial charge in [-0.2, -0.15) is 0 Å².